The normalized spacial score (nSPS) is 10.1. The van der Waals surface area contributed by atoms with Crippen LogP contribution in [0, 0.1) is 0 Å². The highest BCUT2D eigenvalue weighted by molar-refractivity contribution is 6.31. The van der Waals surface area contributed by atoms with Crippen LogP contribution in [0.25, 0.3) is 0 Å². The Morgan fingerprint density at radius 3 is 2.93 bits per heavy atom. The molecule has 0 aliphatic heterocycles. The molecule has 82 valence electrons. The molecule has 15 heavy (non-hydrogen) atoms. The van der Waals surface area contributed by atoms with Gasteiger partial charge in [-0.3, -0.25) is 0 Å². The molecule has 0 aromatic carbocycles. The van der Waals surface area contributed by atoms with Crippen molar-refractivity contribution >= 4 is 11.6 Å². The Balaban J connectivity index is 2.58. The topological polar surface area (TPSA) is 42.4 Å². The zero-order chi connectivity index (χ0) is 11.3. The van der Waals surface area contributed by atoms with Gasteiger partial charge in [0, 0.05) is 12.5 Å². The van der Waals surface area contributed by atoms with Crippen LogP contribution in [0.5, 0.6) is 5.88 Å². The zero-order valence-corrected chi connectivity index (χ0v) is 9.42. The van der Waals surface area contributed by atoms with Crippen LogP contribution in [0.1, 0.15) is 19.0 Å². The first kappa shape index (κ1) is 12.0. The van der Waals surface area contributed by atoms with Gasteiger partial charge in [-0.1, -0.05) is 17.2 Å². The van der Waals surface area contributed by atoms with Gasteiger partial charge in [-0.05, 0) is 13.0 Å². The average molecular weight is 228 g/mol. The maximum absolute atomic E-state index is 8.94. The Hall–Kier alpha value is -1.06. The van der Waals surface area contributed by atoms with Crippen molar-refractivity contribution in [3.8, 4) is 5.88 Å². The summed E-state index contributed by atoms with van der Waals surface area (Å²) in [6.45, 7) is 6.07. The Labute approximate surface area is 94.4 Å². The van der Waals surface area contributed by atoms with Crippen molar-refractivity contribution in [3.63, 3.8) is 0 Å². The van der Waals surface area contributed by atoms with Gasteiger partial charge in [0.1, 0.15) is 0 Å². The fourth-order valence-corrected chi connectivity index (χ4v) is 1.15. The molecule has 0 amide bonds. The number of halogens is 1. The number of hydrogen-bond acceptors (Lipinski definition) is 3. The summed E-state index contributed by atoms with van der Waals surface area (Å²) in [5.41, 5.74) is 1.50. The molecule has 1 N–H and O–H groups in total. The minimum absolute atomic E-state index is 0.184. The van der Waals surface area contributed by atoms with E-state index in [1.165, 1.54) is 0 Å². The number of aliphatic hydroxyl groups excluding tert-OH is 1. The molecule has 0 fully saturated rings. The van der Waals surface area contributed by atoms with Crippen LogP contribution in [0.2, 0.25) is 5.02 Å². The van der Waals surface area contributed by atoms with Gasteiger partial charge in [-0.15, -0.1) is 6.58 Å². The molecule has 0 aliphatic rings. The van der Waals surface area contributed by atoms with Crippen LogP contribution in [-0.4, -0.2) is 16.7 Å². The maximum Gasteiger partial charge on any atom is 0.213 e. The molecule has 3 nitrogen and oxygen atoms in total. The molecule has 0 bridgehead atoms. The van der Waals surface area contributed by atoms with Gasteiger partial charge in [-0.2, -0.15) is 0 Å². The lowest BCUT2D eigenvalue weighted by Crippen LogP contribution is -2.01. The molecule has 1 aromatic heterocycles. The maximum atomic E-state index is 8.94. The fraction of sp³-hybridized carbons (Fsp3) is 0.364. The molecule has 0 aliphatic carbocycles. The molecule has 4 heteroatoms. The van der Waals surface area contributed by atoms with E-state index in [-0.39, 0.29) is 6.61 Å². The van der Waals surface area contributed by atoms with E-state index < -0.39 is 0 Å². The summed E-state index contributed by atoms with van der Waals surface area (Å²) in [6.07, 6.45) is 0.790. The summed E-state index contributed by atoms with van der Waals surface area (Å²) in [7, 11) is 0. The zero-order valence-electron chi connectivity index (χ0n) is 8.66. The summed E-state index contributed by atoms with van der Waals surface area (Å²) in [5.74, 6) is 0.477. The Morgan fingerprint density at radius 2 is 2.33 bits per heavy atom. The number of nitrogens with zero attached hydrogens (tertiary/aromatic N) is 1. The molecule has 0 saturated carbocycles. The van der Waals surface area contributed by atoms with Crippen molar-refractivity contribution in [1.82, 2.24) is 4.98 Å². The largest absolute Gasteiger partial charge is 0.477 e. The second kappa shape index (κ2) is 5.73. The van der Waals surface area contributed by atoms with Gasteiger partial charge in [0.05, 0.1) is 23.9 Å². The van der Waals surface area contributed by atoms with E-state index in [1.807, 2.05) is 6.92 Å². The lowest BCUT2D eigenvalue weighted by Gasteiger charge is -2.06. The lowest BCUT2D eigenvalue weighted by molar-refractivity contribution is 0.269. The second-order valence-electron chi connectivity index (χ2n) is 3.29. The molecule has 0 unspecified atom stereocenters. The second-order valence-corrected chi connectivity index (χ2v) is 3.70. The minimum Gasteiger partial charge on any atom is -0.477 e. The van der Waals surface area contributed by atoms with Gasteiger partial charge in [-0.25, -0.2) is 4.98 Å². The monoisotopic (exact) mass is 227 g/mol. The Morgan fingerprint density at radius 1 is 1.60 bits per heavy atom. The van der Waals surface area contributed by atoms with Crippen molar-refractivity contribution < 1.29 is 9.84 Å². The van der Waals surface area contributed by atoms with E-state index in [2.05, 4.69) is 11.6 Å². The summed E-state index contributed by atoms with van der Waals surface area (Å²) in [4.78, 5) is 4.05. The van der Waals surface area contributed by atoms with E-state index in [1.54, 1.807) is 12.1 Å². The van der Waals surface area contributed by atoms with Crippen LogP contribution in [0.4, 0.5) is 0 Å². The molecule has 1 heterocycles. The van der Waals surface area contributed by atoms with Gasteiger partial charge in [0.15, 0.2) is 0 Å². The Bertz CT molecular complexity index is 352. The van der Waals surface area contributed by atoms with Gasteiger partial charge in [0.2, 0.25) is 5.88 Å². The summed E-state index contributed by atoms with van der Waals surface area (Å²) >= 11 is 5.79. The predicted molar refractivity (Wildman–Crippen MR) is 60.1 cm³/mol. The van der Waals surface area contributed by atoms with Crippen LogP contribution >= 0.6 is 11.6 Å². The van der Waals surface area contributed by atoms with E-state index >= 15 is 0 Å². The number of hydrogen-bond donors (Lipinski definition) is 1. The first-order valence-corrected chi connectivity index (χ1v) is 5.04. The number of ether oxygens (including phenoxy) is 1. The highest BCUT2D eigenvalue weighted by atomic mass is 35.5. The fourth-order valence-electron chi connectivity index (χ4n) is 0.985. The molecule has 1 aromatic rings. The number of pyridine rings is 1. The van der Waals surface area contributed by atoms with Crippen molar-refractivity contribution in [2.24, 2.45) is 0 Å². The predicted octanol–water partition coefficient (Wildman–Crippen LogP) is 2.57. The van der Waals surface area contributed by atoms with Crippen molar-refractivity contribution in [2.75, 3.05) is 6.61 Å². The van der Waals surface area contributed by atoms with Gasteiger partial charge >= 0.3 is 0 Å². The standard InChI is InChI=1S/C11H14ClNO2/c1-8(2)5-6-15-11-4-3-9(12)10(7-14)13-11/h3-4,14H,1,5-7H2,2H3. The highest BCUT2D eigenvalue weighted by Crippen LogP contribution is 2.18. The smallest absolute Gasteiger partial charge is 0.213 e. The van der Waals surface area contributed by atoms with E-state index in [4.69, 9.17) is 21.4 Å². The third kappa shape index (κ3) is 3.90. The van der Waals surface area contributed by atoms with Crippen LogP contribution in [0.15, 0.2) is 24.3 Å². The van der Waals surface area contributed by atoms with Crippen LogP contribution < -0.4 is 4.74 Å². The van der Waals surface area contributed by atoms with Crippen molar-refractivity contribution in [3.05, 3.63) is 35.0 Å². The van der Waals surface area contributed by atoms with Gasteiger partial charge in [0.25, 0.3) is 0 Å². The molecular weight excluding hydrogens is 214 g/mol. The molecule has 0 saturated heterocycles. The first-order valence-electron chi connectivity index (χ1n) is 4.67. The lowest BCUT2D eigenvalue weighted by atomic mass is 10.3. The van der Waals surface area contributed by atoms with Crippen LogP contribution in [-0.2, 0) is 6.61 Å². The molecule has 1 rings (SSSR count). The minimum atomic E-state index is -0.184. The van der Waals surface area contributed by atoms with Crippen LogP contribution in [0.3, 0.4) is 0 Å². The van der Waals surface area contributed by atoms with E-state index in [9.17, 15) is 0 Å². The molecular formula is C11H14ClNO2. The quantitative estimate of drug-likeness (QED) is 0.787. The average Bonchev–Trinajstić information content (AvgIpc) is 2.20. The SMILES string of the molecule is C=C(C)CCOc1ccc(Cl)c(CO)n1. The van der Waals surface area contributed by atoms with E-state index in [0.717, 1.165) is 12.0 Å². The number of aromatic nitrogens is 1. The number of rotatable bonds is 5. The number of aliphatic hydroxyl groups is 1. The molecule has 0 radical (unpaired) electrons. The summed E-state index contributed by atoms with van der Waals surface area (Å²) in [5, 5.41) is 9.39. The van der Waals surface area contributed by atoms with Gasteiger partial charge < -0.3 is 9.84 Å². The molecule has 0 spiro atoms. The highest BCUT2D eigenvalue weighted by Gasteiger charge is 2.03. The third-order valence-electron chi connectivity index (χ3n) is 1.82. The van der Waals surface area contributed by atoms with Crippen molar-refractivity contribution in [2.45, 2.75) is 20.0 Å². The van der Waals surface area contributed by atoms with E-state index in [0.29, 0.717) is 23.2 Å². The first-order chi connectivity index (χ1) is 7.13. The Kier molecular flexibility index (Phi) is 4.59. The van der Waals surface area contributed by atoms with Crippen molar-refractivity contribution in [1.29, 1.82) is 0 Å². The summed E-state index contributed by atoms with van der Waals surface area (Å²) < 4.78 is 5.37. The third-order valence-corrected chi connectivity index (χ3v) is 2.17. The molecule has 0 atom stereocenters. The summed E-state index contributed by atoms with van der Waals surface area (Å²) in [6, 6.07) is 3.34.